The number of nitrogens with zero attached hydrogens (tertiary/aromatic N) is 4. The SMILES string of the molecule is Cc1ccc(N=C2N(C(=O)OC(C)(C)C)CCN2C(=O)OC(C)(C)C)nc1. The Bertz CT molecular complexity index is 692. The number of guanidine groups is 1. The largest absolute Gasteiger partial charge is 0.443 e. The molecular weight excluding hydrogens is 348 g/mol. The number of amides is 2. The molecule has 1 fully saturated rings. The highest BCUT2D eigenvalue weighted by atomic mass is 16.6. The first-order valence-electron chi connectivity index (χ1n) is 8.88. The van der Waals surface area contributed by atoms with Crippen LogP contribution in [0.25, 0.3) is 0 Å². The summed E-state index contributed by atoms with van der Waals surface area (Å²) in [6, 6.07) is 3.58. The molecule has 0 spiro atoms. The van der Waals surface area contributed by atoms with Crippen molar-refractivity contribution in [1.82, 2.24) is 14.8 Å². The van der Waals surface area contributed by atoms with E-state index in [1.165, 1.54) is 9.80 Å². The molecule has 1 aliphatic heterocycles. The molecule has 0 radical (unpaired) electrons. The van der Waals surface area contributed by atoms with Gasteiger partial charge in [-0.1, -0.05) is 6.07 Å². The van der Waals surface area contributed by atoms with Gasteiger partial charge in [0, 0.05) is 6.20 Å². The Kier molecular flexibility index (Phi) is 5.77. The molecule has 8 heteroatoms. The van der Waals surface area contributed by atoms with Crippen LogP contribution in [0.2, 0.25) is 0 Å². The number of hydrogen-bond donors (Lipinski definition) is 0. The Hall–Kier alpha value is -2.64. The van der Waals surface area contributed by atoms with E-state index in [1.54, 1.807) is 53.8 Å². The summed E-state index contributed by atoms with van der Waals surface area (Å²) in [5, 5.41) is 0. The smallest absolute Gasteiger partial charge is 0.417 e. The molecule has 27 heavy (non-hydrogen) atoms. The van der Waals surface area contributed by atoms with Crippen LogP contribution in [0.3, 0.4) is 0 Å². The lowest BCUT2D eigenvalue weighted by Crippen LogP contribution is -2.44. The molecule has 0 aromatic carbocycles. The molecule has 8 nitrogen and oxygen atoms in total. The lowest BCUT2D eigenvalue weighted by atomic mass is 10.2. The molecule has 2 heterocycles. The molecule has 1 aromatic heterocycles. The fourth-order valence-electron chi connectivity index (χ4n) is 2.27. The Morgan fingerprint density at radius 3 is 1.81 bits per heavy atom. The molecule has 1 aromatic rings. The number of ether oxygens (including phenoxy) is 2. The van der Waals surface area contributed by atoms with Gasteiger partial charge in [0.05, 0.1) is 13.1 Å². The fourth-order valence-corrected chi connectivity index (χ4v) is 2.27. The molecule has 0 N–H and O–H groups in total. The highest BCUT2D eigenvalue weighted by Crippen LogP contribution is 2.21. The Morgan fingerprint density at radius 2 is 1.44 bits per heavy atom. The van der Waals surface area contributed by atoms with Crippen molar-refractivity contribution in [3.8, 4) is 0 Å². The zero-order valence-electron chi connectivity index (χ0n) is 17.1. The van der Waals surface area contributed by atoms with Gasteiger partial charge in [-0.25, -0.2) is 24.4 Å². The van der Waals surface area contributed by atoms with E-state index >= 15 is 0 Å². The van der Waals surface area contributed by atoms with Crippen LogP contribution in [0.5, 0.6) is 0 Å². The monoisotopic (exact) mass is 376 g/mol. The third kappa shape index (κ3) is 5.94. The Morgan fingerprint density at radius 1 is 0.963 bits per heavy atom. The van der Waals surface area contributed by atoms with Crippen LogP contribution in [-0.4, -0.2) is 57.2 Å². The number of aliphatic imine (C=N–C) groups is 1. The van der Waals surface area contributed by atoms with Crippen molar-refractivity contribution in [3.05, 3.63) is 23.9 Å². The number of hydrogen-bond acceptors (Lipinski definition) is 6. The predicted molar refractivity (Wildman–Crippen MR) is 102 cm³/mol. The van der Waals surface area contributed by atoms with Crippen LogP contribution < -0.4 is 0 Å². The second kappa shape index (κ2) is 7.54. The average Bonchev–Trinajstić information content (AvgIpc) is 2.90. The van der Waals surface area contributed by atoms with E-state index in [0.29, 0.717) is 5.82 Å². The van der Waals surface area contributed by atoms with Crippen molar-refractivity contribution in [2.75, 3.05) is 13.1 Å². The number of carbonyl (C=O) groups excluding carboxylic acids is 2. The van der Waals surface area contributed by atoms with E-state index in [4.69, 9.17) is 9.47 Å². The van der Waals surface area contributed by atoms with Crippen LogP contribution in [-0.2, 0) is 9.47 Å². The van der Waals surface area contributed by atoms with Crippen LogP contribution in [0, 0.1) is 6.92 Å². The first-order valence-corrected chi connectivity index (χ1v) is 8.88. The van der Waals surface area contributed by atoms with Crippen LogP contribution in [0.1, 0.15) is 47.1 Å². The molecule has 2 amide bonds. The predicted octanol–water partition coefficient (Wildman–Crippen LogP) is 3.87. The zero-order chi connectivity index (χ0) is 20.4. The number of rotatable bonds is 1. The highest BCUT2D eigenvalue weighted by molar-refractivity contribution is 6.04. The molecule has 0 unspecified atom stereocenters. The minimum absolute atomic E-state index is 0.148. The van der Waals surface area contributed by atoms with E-state index < -0.39 is 23.4 Å². The third-order valence-corrected chi connectivity index (χ3v) is 3.37. The molecule has 0 bridgehead atoms. The Labute approximate surface area is 160 Å². The minimum Gasteiger partial charge on any atom is -0.443 e. The van der Waals surface area contributed by atoms with Gasteiger partial charge in [-0.15, -0.1) is 0 Å². The molecule has 0 aliphatic carbocycles. The lowest BCUT2D eigenvalue weighted by Gasteiger charge is -2.26. The van der Waals surface area contributed by atoms with E-state index in [0.717, 1.165) is 5.56 Å². The second-order valence-corrected chi connectivity index (χ2v) is 8.37. The summed E-state index contributed by atoms with van der Waals surface area (Å²) in [5.74, 6) is 0.537. The van der Waals surface area contributed by atoms with Crippen molar-refractivity contribution < 1.29 is 19.1 Å². The lowest BCUT2D eigenvalue weighted by molar-refractivity contribution is 0.0375. The van der Waals surface area contributed by atoms with Crippen molar-refractivity contribution in [3.63, 3.8) is 0 Å². The second-order valence-electron chi connectivity index (χ2n) is 8.37. The quantitative estimate of drug-likeness (QED) is 0.743. The maximum absolute atomic E-state index is 12.6. The van der Waals surface area contributed by atoms with Gasteiger partial charge in [-0.2, -0.15) is 4.99 Å². The standard InChI is InChI=1S/C19H28N4O4/c1-13-8-9-14(20-12-13)21-15-22(16(24)26-18(2,3)4)10-11-23(15)17(25)27-19(5,6)7/h8-9,12H,10-11H2,1-7H3. The maximum Gasteiger partial charge on any atom is 0.417 e. The van der Waals surface area contributed by atoms with Crippen LogP contribution in [0.15, 0.2) is 23.3 Å². The van der Waals surface area contributed by atoms with Gasteiger partial charge >= 0.3 is 12.2 Å². The van der Waals surface area contributed by atoms with E-state index in [1.807, 2.05) is 13.0 Å². The third-order valence-electron chi connectivity index (χ3n) is 3.37. The van der Waals surface area contributed by atoms with Gasteiger partial charge in [0.1, 0.15) is 11.2 Å². The fraction of sp³-hybridized carbons (Fsp3) is 0.579. The normalized spacial score (nSPS) is 15.0. The van der Waals surface area contributed by atoms with Crippen molar-refractivity contribution >= 4 is 24.0 Å². The molecule has 148 valence electrons. The van der Waals surface area contributed by atoms with Gasteiger partial charge in [-0.3, -0.25) is 0 Å². The summed E-state index contributed by atoms with van der Waals surface area (Å²) >= 11 is 0. The molecular formula is C19H28N4O4. The molecule has 0 atom stereocenters. The number of pyridine rings is 1. The molecule has 1 aliphatic rings. The maximum atomic E-state index is 12.6. The minimum atomic E-state index is -0.663. The van der Waals surface area contributed by atoms with Crippen molar-refractivity contribution in [1.29, 1.82) is 0 Å². The summed E-state index contributed by atoms with van der Waals surface area (Å²) < 4.78 is 10.9. The average molecular weight is 376 g/mol. The van der Waals surface area contributed by atoms with Gasteiger partial charge in [0.15, 0.2) is 5.82 Å². The summed E-state index contributed by atoms with van der Waals surface area (Å²) in [4.78, 5) is 36.5. The zero-order valence-corrected chi connectivity index (χ0v) is 17.1. The van der Waals surface area contributed by atoms with E-state index in [-0.39, 0.29) is 19.0 Å². The van der Waals surface area contributed by atoms with Gasteiger partial charge in [0.2, 0.25) is 5.96 Å². The van der Waals surface area contributed by atoms with Crippen LogP contribution >= 0.6 is 0 Å². The van der Waals surface area contributed by atoms with Crippen molar-refractivity contribution in [2.45, 2.75) is 59.7 Å². The summed E-state index contributed by atoms with van der Waals surface area (Å²) in [6.07, 6.45) is 0.531. The first-order chi connectivity index (χ1) is 12.4. The molecule has 1 saturated heterocycles. The van der Waals surface area contributed by atoms with Crippen LogP contribution in [0.4, 0.5) is 15.4 Å². The molecule has 0 saturated carbocycles. The first kappa shape index (κ1) is 20.7. The van der Waals surface area contributed by atoms with Gasteiger partial charge < -0.3 is 9.47 Å². The highest BCUT2D eigenvalue weighted by Gasteiger charge is 2.39. The van der Waals surface area contributed by atoms with E-state index in [9.17, 15) is 9.59 Å². The van der Waals surface area contributed by atoms with Gasteiger partial charge in [-0.05, 0) is 60.1 Å². The molecule has 2 rings (SSSR count). The topological polar surface area (TPSA) is 84.3 Å². The number of carbonyl (C=O) groups is 2. The van der Waals surface area contributed by atoms with Gasteiger partial charge in [0.25, 0.3) is 0 Å². The summed E-state index contributed by atoms with van der Waals surface area (Å²) in [6.45, 7) is 13.1. The van der Waals surface area contributed by atoms with E-state index in [2.05, 4.69) is 9.98 Å². The Balaban J connectivity index is 2.36. The summed E-state index contributed by atoms with van der Waals surface area (Å²) in [7, 11) is 0. The van der Waals surface area contributed by atoms with Crippen molar-refractivity contribution in [2.24, 2.45) is 4.99 Å². The summed E-state index contributed by atoms with van der Waals surface area (Å²) in [5.41, 5.74) is -0.342. The number of aromatic nitrogens is 1. The number of aryl methyl sites for hydroxylation is 1.